The lowest BCUT2D eigenvalue weighted by Gasteiger charge is -2.31. The number of ether oxygens (including phenoxy) is 1. The highest BCUT2D eigenvalue weighted by Gasteiger charge is 2.24. The van der Waals surface area contributed by atoms with Crippen LogP contribution in [0.4, 0.5) is 10.5 Å². The summed E-state index contributed by atoms with van der Waals surface area (Å²) in [5, 5.41) is 0. The number of benzene rings is 1. The van der Waals surface area contributed by atoms with Crippen LogP contribution in [-0.4, -0.2) is 43.1 Å². The second kappa shape index (κ2) is 6.16. The van der Waals surface area contributed by atoms with E-state index in [0.29, 0.717) is 26.1 Å². The molecule has 1 saturated heterocycles. The number of nitrogens with zero attached hydrogens (tertiary/aromatic N) is 2. The summed E-state index contributed by atoms with van der Waals surface area (Å²) in [6.45, 7) is 2.38. The summed E-state index contributed by atoms with van der Waals surface area (Å²) in [7, 11) is 0. The van der Waals surface area contributed by atoms with E-state index in [9.17, 15) is 9.59 Å². The zero-order valence-electron chi connectivity index (χ0n) is 12.1. The number of cyclic esters (lactones) is 1. The van der Waals surface area contributed by atoms with E-state index in [1.807, 2.05) is 23.1 Å². The molecule has 1 aromatic carbocycles. The Kier molecular flexibility index (Phi) is 4.08. The second-order valence-electron chi connectivity index (χ2n) is 5.48. The van der Waals surface area contributed by atoms with Crippen molar-refractivity contribution in [2.45, 2.75) is 25.7 Å². The van der Waals surface area contributed by atoms with Crippen LogP contribution in [0, 0.1) is 0 Å². The van der Waals surface area contributed by atoms with Crippen molar-refractivity contribution < 1.29 is 14.3 Å². The summed E-state index contributed by atoms with van der Waals surface area (Å²) in [4.78, 5) is 27.5. The third-order valence-electron chi connectivity index (χ3n) is 4.06. The van der Waals surface area contributed by atoms with Gasteiger partial charge in [-0.2, -0.15) is 0 Å². The lowest BCUT2D eigenvalue weighted by atomic mass is 10.0. The molecule has 0 atom stereocenters. The minimum Gasteiger partial charge on any atom is -0.449 e. The molecule has 3 rings (SSSR count). The molecule has 0 spiro atoms. The van der Waals surface area contributed by atoms with E-state index in [1.54, 1.807) is 4.90 Å². The Morgan fingerprint density at radius 1 is 1.19 bits per heavy atom. The predicted octanol–water partition coefficient (Wildman–Crippen LogP) is 2.20. The number of carbonyl (C=O) groups excluding carboxylic acids is 2. The van der Waals surface area contributed by atoms with Crippen LogP contribution in [0.15, 0.2) is 24.3 Å². The molecule has 2 aliphatic heterocycles. The van der Waals surface area contributed by atoms with Crippen LogP contribution in [-0.2, 0) is 16.0 Å². The topological polar surface area (TPSA) is 49.9 Å². The summed E-state index contributed by atoms with van der Waals surface area (Å²) < 4.78 is 4.99. The van der Waals surface area contributed by atoms with Gasteiger partial charge in [-0.3, -0.25) is 4.79 Å². The van der Waals surface area contributed by atoms with E-state index in [4.69, 9.17) is 4.74 Å². The third-order valence-corrected chi connectivity index (χ3v) is 4.06. The van der Waals surface area contributed by atoms with Crippen molar-refractivity contribution in [3.05, 3.63) is 29.8 Å². The molecule has 21 heavy (non-hydrogen) atoms. The third kappa shape index (κ3) is 3.01. The number of para-hydroxylation sites is 1. The average Bonchev–Trinajstić information content (AvgIpc) is 2.53. The minimum atomic E-state index is -0.298. The van der Waals surface area contributed by atoms with Crippen molar-refractivity contribution in [2.24, 2.45) is 0 Å². The molecule has 2 amide bonds. The maximum atomic E-state index is 12.5. The SMILES string of the molecule is O=C1OCCCN1CCC(=O)N1CCCc2ccccc21. The zero-order valence-corrected chi connectivity index (χ0v) is 12.1. The molecule has 2 heterocycles. The first-order chi connectivity index (χ1) is 10.3. The highest BCUT2D eigenvalue weighted by Crippen LogP contribution is 2.27. The van der Waals surface area contributed by atoms with Crippen molar-refractivity contribution in [2.75, 3.05) is 31.1 Å². The van der Waals surface area contributed by atoms with E-state index in [2.05, 4.69) is 6.07 Å². The number of fused-ring (bicyclic) bond motifs is 1. The van der Waals surface area contributed by atoms with Crippen molar-refractivity contribution in [3.8, 4) is 0 Å². The van der Waals surface area contributed by atoms with Gasteiger partial charge in [0, 0.05) is 31.7 Å². The Bertz CT molecular complexity index is 544. The summed E-state index contributed by atoms with van der Waals surface area (Å²) in [6, 6.07) is 8.06. The highest BCUT2D eigenvalue weighted by molar-refractivity contribution is 5.94. The van der Waals surface area contributed by atoms with E-state index < -0.39 is 0 Å². The van der Waals surface area contributed by atoms with Crippen LogP contribution in [0.2, 0.25) is 0 Å². The molecule has 0 aromatic heterocycles. The molecule has 0 radical (unpaired) electrons. The standard InChI is InChI=1S/C16H20N2O3/c19-15(8-11-17-9-4-12-21-16(17)20)18-10-3-6-13-5-1-2-7-14(13)18/h1-2,5,7H,3-4,6,8-12H2. The first kappa shape index (κ1) is 13.9. The lowest BCUT2D eigenvalue weighted by molar-refractivity contribution is -0.119. The monoisotopic (exact) mass is 288 g/mol. The maximum absolute atomic E-state index is 12.5. The van der Waals surface area contributed by atoms with Gasteiger partial charge in [0.15, 0.2) is 0 Å². The normalized spacial score (nSPS) is 18.2. The maximum Gasteiger partial charge on any atom is 0.409 e. The summed E-state index contributed by atoms with van der Waals surface area (Å²) in [5.41, 5.74) is 2.25. The number of hydrogen-bond acceptors (Lipinski definition) is 3. The number of anilines is 1. The predicted molar refractivity (Wildman–Crippen MR) is 79.3 cm³/mol. The Morgan fingerprint density at radius 2 is 2.05 bits per heavy atom. The fourth-order valence-electron chi connectivity index (χ4n) is 2.96. The number of rotatable bonds is 3. The van der Waals surface area contributed by atoms with Crippen LogP contribution in [0.5, 0.6) is 0 Å². The molecule has 0 unspecified atom stereocenters. The van der Waals surface area contributed by atoms with Crippen molar-refractivity contribution >= 4 is 17.7 Å². The minimum absolute atomic E-state index is 0.0838. The summed E-state index contributed by atoms with van der Waals surface area (Å²) in [6.07, 6.45) is 2.91. The lowest BCUT2D eigenvalue weighted by Crippen LogP contribution is -2.41. The Morgan fingerprint density at radius 3 is 2.90 bits per heavy atom. The van der Waals surface area contributed by atoms with Gasteiger partial charge in [0.1, 0.15) is 0 Å². The zero-order chi connectivity index (χ0) is 14.7. The Balaban J connectivity index is 1.62. The number of hydrogen-bond donors (Lipinski definition) is 0. The fraction of sp³-hybridized carbons (Fsp3) is 0.500. The first-order valence-corrected chi connectivity index (χ1v) is 7.56. The van der Waals surface area contributed by atoms with Gasteiger partial charge in [-0.05, 0) is 30.9 Å². The molecule has 0 saturated carbocycles. The molecule has 1 aromatic rings. The van der Waals surface area contributed by atoms with Gasteiger partial charge < -0.3 is 14.5 Å². The van der Waals surface area contributed by atoms with Gasteiger partial charge in [-0.15, -0.1) is 0 Å². The smallest absolute Gasteiger partial charge is 0.409 e. The van der Waals surface area contributed by atoms with Gasteiger partial charge >= 0.3 is 6.09 Å². The summed E-state index contributed by atoms with van der Waals surface area (Å²) >= 11 is 0. The van der Waals surface area contributed by atoms with E-state index in [-0.39, 0.29) is 12.0 Å². The van der Waals surface area contributed by atoms with Gasteiger partial charge in [-0.1, -0.05) is 18.2 Å². The van der Waals surface area contributed by atoms with Crippen LogP contribution >= 0.6 is 0 Å². The fourth-order valence-corrected chi connectivity index (χ4v) is 2.96. The van der Waals surface area contributed by atoms with Crippen LogP contribution in [0.3, 0.4) is 0 Å². The van der Waals surface area contributed by atoms with Crippen LogP contribution in [0.25, 0.3) is 0 Å². The largest absolute Gasteiger partial charge is 0.449 e. The first-order valence-electron chi connectivity index (χ1n) is 7.56. The van der Waals surface area contributed by atoms with Crippen molar-refractivity contribution in [1.29, 1.82) is 0 Å². The van der Waals surface area contributed by atoms with Crippen molar-refractivity contribution in [3.63, 3.8) is 0 Å². The molecule has 5 heteroatoms. The molecule has 0 bridgehead atoms. The van der Waals surface area contributed by atoms with Crippen molar-refractivity contribution in [1.82, 2.24) is 4.90 Å². The van der Waals surface area contributed by atoms with Crippen LogP contribution in [0.1, 0.15) is 24.8 Å². The van der Waals surface area contributed by atoms with Crippen LogP contribution < -0.4 is 4.90 Å². The van der Waals surface area contributed by atoms with Gasteiger partial charge in [-0.25, -0.2) is 4.79 Å². The molecule has 112 valence electrons. The Hall–Kier alpha value is -2.04. The molecular formula is C16H20N2O3. The quantitative estimate of drug-likeness (QED) is 0.856. The van der Waals surface area contributed by atoms with E-state index >= 15 is 0 Å². The van der Waals surface area contributed by atoms with Gasteiger partial charge in [0.05, 0.1) is 6.61 Å². The second-order valence-corrected chi connectivity index (χ2v) is 5.48. The molecule has 1 fully saturated rings. The molecule has 0 aliphatic carbocycles. The average molecular weight is 288 g/mol. The highest BCUT2D eigenvalue weighted by atomic mass is 16.6. The number of carbonyl (C=O) groups is 2. The molecule has 0 N–H and O–H groups in total. The molecular weight excluding hydrogens is 268 g/mol. The van der Waals surface area contributed by atoms with Gasteiger partial charge in [0.2, 0.25) is 5.91 Å². The number of amides is 2. The van der Waals surface area contributed by atoms with E-state index in [0.717, 1.165) is 31.5 Å². The van der Waals surface area contributed by atoms with Gasteiger partial charge in [0.25, 0.3) is 0 Å². The number of aryl methyl sites for hydroxylation is 1. The Labute approximate surface area is 124 Å². The molecule has 2 aliphatic rings. The molecule has 5 nitrogen and oxygen atoms in total. The van der Waals surface area contributed by atoms with E-state index in [1.165, 1.54) is 5.56 Å². The summed E-state index contributed by atoms with van der Waals surface area (Å²) in [5.74, 6) is 0.0838.